The molecule has 0 aliphatic carbocycles. The van der Waals surface area contributed by atoms with Crippen LogP contribution >= 0.6 is 11.8 Å². The minimum atomic E-state index is 0.130. The third-order valence-corrected chi connectivity index (χ3v) is 2.86. The number of ether oxygens (including phenoxy) is 1. The number of thioether (sulfide) groups is 1. The van der Waals surface area contributed by atoms with E-state index in [4.69, 9.17) is 10.6 Å². The van der Waals surface area contributed by atoms with E-state index in [1.165, 1.54) is 0 Å². The maximum Gasteiger partial charge on any atom is 0.124 e. The van der Waals surface area contributed by atoms with E-state index in [2.05, 4.69) is 17.7 Å². The van der Waals surface area contributed by atoms with Crippen molar-refractivity contribution in [2.24, 2.45) is 5.84 Å². The fourth-order valence-electron chi connectivity index (χ4n) is 1.52. The van der Waals surface area contributed by atoms with Gasteiger partial charge in [-0.15, -0.1) is 0 Å². The van der Waals surface area contributed by atoms with Gasteiger partial charge in [0.15, 0.2) is 0 Å². The number of benzene rings is 1. The van der Waals surface area contributed by atoms with Gasteiger partial charge in [-0.05, 0) is 26.2 Å². The smallest absolute Gasteiger partial charge is 0.124 e. The van der Waals surface area contributed by atoms with E-state index in [1.54, 1.807) is 11.8 Å². The second-order valence-corrected chi connectivity index (χ2v) is 4.79. The molecular formula is C12H20N2OS. The molecule has 3 N–H and O–H groups in total. The van der Waals surface area contributed by atoms with Crippen LogP contribution in [0.25, 0.3) is 0 Å². The first-order chi connectivity index (χ1) is 7.69. The molecule has 1 aromatic rings. The Hall–Kier alpha value is -0.710. The zero-order chi connectivity index (χ0) is 12.0. The van der Waals surface area contributed by atoms with Crippen molar-refractivity contribution in [2.45, 2.75) is 26.0 Å². The Morgan fingerprint density at radius 2 is 2.06 bits per heavy atom. The van der Waals surface area contributed by atoms with E-state index in [0.29, 0.717) is 0 Å². The van der Waals surface area contributed by atoms with Crippen LogP contribution in [0.2, 0.25) is 0 Å². The highest BCUT2D eigenvalue weighted by atomic mass is 32.2. The van der Waals surface area contributed by atoms with E-state index in [9.17, 15) is 0 Å². The summed E-state index contributed by atoms with van der Waals surface area (Å²) in [4.78, 5) is 0. The van der Waals surface area contributed by atoms with Crippen LogP contribution in [-0.4, -0.2) is 18.1 Å². The molecule has 0 aliphatic rings. The lowest BCUT2D eigenvalue weighted by Crippen LogP contribution is -2.30. The summed E-state index contributed by atoms with van der Waals surface area (Å²) < 4.78 is 5.77. The molecule has 0 fully saturated rings. The highest BCUT2D eigenvalue weighted by Crippen LogP contribution is 2.27. The molecule has 4 heteroatoms. The maximum absolute atomic E-state index is 5.77. The fraction of sp³-hybridized carbons (Fsp3) is 0.500. The predicted octanol–water partition coefficient (Wildman–Crippen LogP) is 2.34. The molecule has 1 aromatic carbocycles. The van der Waals surface area contributed by atoms with Gasteiger partial charge in [0, 0.05) is 11.3 Å². The summed E-state index contributed by atoms with van der Waals surface area (Å²) in [6.07, 6.45) is 2.24. The Balaban J connectivity index is 2.91. The predicted molar refractivity (Wildman–Crippen MR) is 70.7 cm³/mol. The first-order valence-electron chi connectivity index (χ1n) is 5.39. The van der Waals surface area contributed by atoms with Gasteiger partial charge in [0.2, 0.25) is 0 Å². The monoisotopic (exact) mass is 240 g/mol. The van der Waals surface area contributed by atoms with Gasteiger partial charge in [-0.25, -0.2) is 0 Å². The van der Waals surface area contributed by atoms with Gasteiger partial charge in [0.1, 0.15) is 5.75 Å². The minimum Gasteiger partial charge on any atom is -0.491 e. The quantitative estimate of drug-likeness (QED) is 0.592. The highest BCUT2D eigenvalue weighted by molar-refractivity contribution is 7.98. The number of hydrogen-bond donors (Lipinski definition) is 2. The largest absolute Gasteiger partial charge is 0.491 e. The van der Waals surface area contributed by atoms with Crippen molar-refractivity contribution in [1.82, 2.24) is 5.43 Å². The van der Waals surface area contributed by atoms with E-state index < -0.39 is 0 Å². The average Bonchev–Trinajstić information content (AvgIpc) is 2.26. The number of nitrogens with one attached hydrogen (secondary N) is 1. The maximum atomic E-state index is 5.77. The van der Waals surface area contributed by atoms with Gasteiger partial charge in [-0.3, -0.25) is 11.3 Å². The van der Waals surface area contributed by atoms with Crippen molar-refractivity contribution in [1.29, 1.82) is 0 Å². The first kappa shape index (κ1) is 13.4. The Bertz CT molecular complexity index is 318. The number of hydrogen-bond acceptors (Lipinski definition) is 4. The van der Waals surface area contributed by atoms with Crippen LogP contribution in [0, 0.1) is 0 Å². The molecule has 0 bridgehead atoms. The number of nitrogens with two attached hydrogens (primary N) is 1. The highest BCUT2D eigenvalue weighted by Gasteiger charge is 2.14. The molecule has 1 unspecified atom stereocenters. The zero-order valence-corrected chi connectivity index (χ0v) is 10.9. The van der Waals surface area contributed by atoms with Crippen LogP contribution in [0.1, 0.15) is 25.5 Å². The molecule has 1 atom stereocenters. The van der Waals surface area contributed by atoms with Crippen LogP contribution in [0.5, 0.6) is 5.75 Å². The molecule has 0 aromatic heterocycles. The Kier molecular flexibility index (Phi) is 5.66. The molecule has 0 saturated carbocycles. The van der Waals surface area contributed by atoms with Crippen molar-refractivity contribution in [3.63, 3.8) is 0 Å². The normalized spacial score (nSPS) is 12.8. The molecular weight excluding hydrogens is 220 g/mol. The third-order valence-electron chi connectivity index (χ3n) is 2.19. The first-order valence-corrected chi connectivity index (χ1v) is 6.79. The summed E-state index contributed by atoms with van der Waals surface area (Å²) >= 11 is 1.76. The van der Waals surface area contributed by atoms with Gasteiger partial charge < -0.3 is 4.74 Å². The summed E-state index contributed by atoms with van der Waals surface area (Å²) in [5.41, 5.74) is 3.95. The number of hydrazine groups is 1. The minimum absolute atomic E-state index is 0.130. The molecule has 0 radical (unpaired) electrons. The number of para-hydroxylation sites is 1. The second kappa shape index (κ2) is 6.78. The van der Waals surface area contributed by atoms with Crippen LogP contribution in [-0.2, 0) is 0 Å². The fourth-order valence-corrected chi connectivity index (χ4v) is 2.13. The molecule has 0 amide bonds. The SMILES string of the molecule is CSCC(NN)c1ccccc1OC(C)C. The molecule has 0 spiro atoms. The van der Waals surface area contributed by atoms with Gasteiger partial charge in [-0.2, -0.15) is 11.8 Å². The van der Waals surface area contributed by atoms with Crippen molar-refractivity contribution in [3.8, 4) is 5.75 Å². The lowest BCUT2D eigenvalue weighted by Gasteiger charge is -2.20. The summed E-state index contributed by atoms with van der Waals surface area (Å²) in [6.45, 7) is 4.05. The van der Waals surface area contributed by atoms with E-state index in [0.717, 1.165) is 17.1 Å². The van der Waals surface area contributed by atoms with E-state index >= 15 is 0 Å². The van der Waals surface area contributed by atoms with Crippen LogP contribution < -0.4 is 16.0 Å². The lowest BCUT2D eigenvalue weighted by atomic mass is 10.1. The van der Waals surface area contributed by atoms with Gasteiger partial charge in [0.05, 0.1) is 12.1 Å². The molecule has 16 heavy (non-hydrogen) atoms. The van der Waals surface area contributed by atoms with Gasteiger partial charge >= 0.3 is 0 Å². The van der Waals surface area contributed by atoms with Crippen LogP contribution in [0.3, 0.4) is 0 Å². The second-order valence-electron chi connectivity index (χ2n) is 3.88. The van der Waals surface area contributed by atoms with Crippen molar-refractivity contribution >= 4 is 11.8 Å². The Morgan fingerprint density at radius 3 is 2.62 bits per heavy atom. The molecule has 0 aliphatic heterocycles. The Morgan fingerprint density at radius 1 is 1.38 bits per heavy atom. The summed E-state index contributed by atoms with van der Waals surface area (Å²) in [5.74, 6) is 7.41. The average molecular weight is 240 g/mol. The summed E-state index contributed by atoms with van der Waals surface area (Å²) in [7, 11) is 0. The lowest BCUT2D eigenvalue weighted by molar-refractivity contribution is 0.238. The summed E-state index contributed by atoms with van der Waals surface area (Å²) in [6, 6.07) is 8.16. The van der Waals surface area contributed by atoms with E-state index in [1.807, 2.05) is 32.0 Å². The molecule has 0 saturated heterocycles. The Labute approximate surface area is 102 Å². The van der Waals surface area contributed by atoms with Crippen molar-refractivity contribution in [3.05, 3.63) is 29.8 Å². The molecule has 1 rings (SSSR count). The van der Waals surface area contributed by atoms with Crippen LogP contribution in [0.15, 0.2) is 24.3 Å². The standard InChI is InChI=1S/C12H20N2OS/c1-9(2)15-12-7-5-4-6-10(12)11(14-13)8-16-3/h4-7,9,11,14H,8,13H2,1-3H3. The topological polar surface area (TPSA) is 47.3 Å². The van der Waals surface area contributed by atoms with E-state index in [-0.39, 0.29) is 12.1 Å². The van der Waals surface area contributed by atoms with Crippen molar-refractivity contribution < 1.29 is 4.74 Å². The van der Waals surface area contributed by atoms with Crippen LogP contribution in [0.4, 0.5) is 0 Å². The summed E-state index contributed by atoms with van der Waals surface area (Å²) in [5, 5.41) is 0. The zero-order valence-electron chi connectivity index (χ0n) is 10.1. The van der Waals surface area contributed by atoms with Crippen molar-refractivity contribution in [2.75, 3.05) is 12.0 Å². The number of rotatable bonds is 6. The van der Waals surface area contributed by atoms with Gasteiger partial charge in [0.25, 0.3) is 0 Å². The molecule has 0 heterocycles. The molecule has 3 nitrogen and oxygen atoms in total. The van der Waals surface area contributed by atoms with Gasteiger partial charge in [-0.1, -0.05) is 18.2 Å². The third kappa shape index (κ3) is 3.70. The molecule has 90 valence electrons.